The normalized spacial score (nSPS) is 17.3. The molecule has 2 N–H and O–H groups in total. The predicted octanol–water partition coefficient (Wildman–Crippen LogP) is 1.76. The number of aryl methyl sites for hydroxylation is 1. The Morgan fingerprint density at radius 3 is 2.62 bits per heavy atom. The summed E-state index contributed by atoms with van der Waals surface area (Å²) in [5, 5.41) is 0. The van der Waals surface area contributed by atoms with E-state index in [1.165, 1.54) is 17.4 Å². The second-order valence-corrected chi connectivity index (χ2v) is 7.49. The smallest absolute Gasteiger partial charge is 0.245 e. The number of halogens is 1. The van der Waals surface area contributed by atoms with Crippen molar-refractivity contribution in [3.8, 4) is 0 Å². The third-order valence-corrected chi connectivity index (χ3v) is 5.70. The summed E-state index contributed by atoms with van der Waals surface area (Å²) in [5.41, 5.74) is 6.50. The van der Waals surface area contributed by atoms with E-state index in [1.807, 2.05) is 0 Å². The van der Waals surface area contributed by atoms with Crippen molar-refractivity contribution in [1.82, 2.24) is 4.31 Å². The molecule has 5 nitrogen and oxygen atoms in total. The van der Waals surface area contributed by atoms with Gasteiger partial charge in [-0.1, -0.05) is 0 Å². The largest absolute Gasteiger partial charge is 0.398 e. The van der Waals surface area contributed by atoms with Gasteiger partial charge in [0.1, 0.15) is 10.7 Å². The van der Waals surface area contributed by atoms with E-state index >= 15 is 0 Å². The van der Waals surface area contributed by atoms with Crippen molar-refractivity contribution in [1.29, 1.82) is 0 Å². The van der Waals surface area contributed by atoms with Crippen LogP contribution in [-0.2, 0) is 14.8 Å². The first-order valence-corrected chi connectivity index (χ1v) is 8.36. The van der Waals surface area contributed by atoms with Crippen molar-refractivity contribution < 1.29 is 17.5 Å². The highest BCUT2D eigenvalue weighted by molar-refractivity contribution is 7.89. The Labute approximate surface area is 124 Å². The lowest BCUT2D eigenvalue weighted by Crippen LogP contribution is -2.34. The van der Waals surface area contributed by atoms with Gasteiger partial charge in [-0.05, 0) is 43.4 Å². The van der Waals surface area contributed by atoms with Crippen LogP contribution in [-0.4, -0.2) is 39.5 Å². The molecule has 1 aliphatic rings. The van der Waals surface area contributed by atoms with Gasteiger partial charge in [0.2, 0.25) is 10.0 Å². The third-order valence-electron chi connectivity index (χ3n) is 3.86. The molecule has 1 heterocycles. The molecule has 0 spiro atoms. The Balaban J connectivity index is 2.22. The topological polar surface area (TPSA) is 72.6 Å². The van der Waals surface area contributed by atoms with Crippen LogP contribution < -0.4 is 5.73 Å². The summed E-state index contributed by atoms with van der Waals surface area (Å²) in [6, 6.07) is 2.35. The Hall–Kier alpha value is -1.18. The van der Waals surface area contributed by atoms with Crippen LogP contribution in [0.2, 0.25) is 0 Å². The fraction of sp³-hybridized carbons (Fsp3) is 0.571. The molecule has 0 unspecified atom stereocenters. The van der Waals surface area contributed by atoms with Crippen molar-refractivity contribution in [2.75, 3.05) is 32.5 Å². The van der Waals surface area contributed by atoms with Crippen LogP contribution in [0.5, 0.6) is 0 Å². The van der Waals surface area contributed by atoms with Crippen molar-refractivity contribution in [2.45, 2.75) is 24.7 Å². The van der Waals surface area contributed by atoms with Gasteiger partial charge in [0.05, 0.1) is 0 Å². The number of anilines is 1. The van der Waals surface area contributed by atoms with Crippen molar-refractivity contribution >= 4 is 15.7 Å². The van der Waals surface area contributed by atoms with Gasteiger partial charge in [0.15, 0.2) is 0 Å². The van der Waals surface area contributed by atoms with Gasteiger partial charge in [-0.3, -0.25) is 0 Å². The summed E-state index contributed by atoms with van der Waals surface area (Å²) in [6.07, 6.45) is 1.64. The molecule has 1 saturated heterocycles. The van der Waals surface area contributed by atoms with Gasteiger partial charge in [0, 0.05) is 32.5 Å². The lowest BCUT2D eigenvalue weighted by Gasteiger charge is -2.27. The Kier molecular flexibility index (Phi) is 4.85. The number of sulfonamides is 1. The first-order valence-electron chi connectivity index (χ1n) is 6.92. The molecule has 118 valence electrons. The van der Waals surface area contributed by atoms with Crippen LogP contribution in [0.15, 0.2) is 17.0 Å². The molecule has 0 bridgehead atoms. The Morgan fingerprint density at radius 2 is 2.00 bits per heavy atom. The SMILES string of the molecule is Cc1cc(F)c(S(=O)(=O)N(C)CC2CCOCC2)cc1N. The fourth-order valence-electron chi connectivity index (χ4n) is 2.42. The molecule has 7 heteroatoms. The maximum Gasteiger partial charge on any atom is 0.245 e. The van der Waals surface area contributed by atoms with Gasteiger partial charge in [-0.2, -0.15) is 0 Å². The highest BCUT2D eigenvalue weighted by atomic mass is 32.2. The third kappa shape index (κ3) is 3.53. The van der Waals surface area contributed by atoms with Crippen LogP contribution in [0.3, 0.4) is 0 Å². The van der Waals surface area contributed by atoms with Gasteiger partial charge in [0.25, 0.3) is 0 Å². The molecule has 0 atom stereocenters. The summed E-state index contributed by atoms with van der Waals surface area (Å²) in [4.78, 5) is -0.361. The van der Waals surface area contributed by atoms with Gasteiger partial charge in [-0.25, -0.2) is 17.1 Å². The minimum atomic E-state index is -3.87. The monoisotopic (exact) mass is 316 g/mol. The maximum absolute atomic E-state index is 14.0. The van der Waals surface area contributed by atoms with E-state index in [9.17, 15) is 12.8 Å². The highest BCUT2D eigenvalue weighted by Crippen LogP contribution is 2.25. The number of rotatable bonds is 4. The van der Waals surface area contributed by atoms with E-state index in [0.29, 0.717) is 25.3 Å². The van der Waals surface area contributed by atoms with Gasteiger partial charge < -0.3 is 10.5 Å². The van der Waals surface area contributed by atoms with Crippen LogP contribution >= 0.6 is 0 Å². The van der Waals surface area contributed by atoms with Crippen LogP contribution in [0.4, 0.5) is 10.1 Å². The second kappa shape index (κ2) is 6.29. The Morgan fingerprint density at radius 1 is 1.38 bits per heavy atom. The summed E-state index contributed by atoms with van der Waals surface area (Å²) in [6.45, 7) is 3.29. The molecule has 1 fully saturated rings. The lowest BCUT2D eigenvalue weighted by atomic mass is 10.0. The molecule has 21 heavy (non-hydrogen) atoms. The molecular weight excluding hydrogens is 295 g/mol. The zero-order valence-corrected chi connectivity index (χ0v) is 13.1. The summed E-state index contributed by atoms with van der Waals surface area (Å²) in [7, 11) is -2.40. The van der Waals surface area contributed by atoms with E-state index in [4.69, 9.17) is 10.5 Å². The standard InChI is InChI=1S/C14H21FN2O3S/c1-10-7-12(15)14(8-13(10)16)21(18,19)17(2)9-11-3-5-20-6-4-11/h7-8,11H,3-6,9,16H2,1-2H3. The average Bonchev–Trinajstić information content (AvgIpc) is 2.43. The Bertz CT molecular complexity index is 613. The zero-order chi connectivity index (χ0) is 15.6. The summed E-state index contributed by atoms with van der Waals surface area (Å²) in [5.74, 6) is -0.523. The van der Waals surface area contributed by atoms with E-state index in [1.54, 1.807) is 6.92 Å². The van der Waals surface area contributed by atoms with Crippen LogP contribution in [0.1, 0.15) is 18.4 Å². The molecule has 1 aliphatic heterocycles. The number of nitrogen functional groups attached to an aromatic ring is 1. The second-order valence-electron chi connectivity index (χ2n) is 5.48. The number of hydrogen-bond donors (Lipinski definition) is 1. The summed E-state index contributed by atoms with van der Waals surface area (Å²) < 4.78 is 45.4. The van der Waals surface area contributed by atoms with E-state index in [0.717, 1.165) is 18.9 Å². The molecule has 0 aliphatic carbocycles. The molecule has 0 amide bonds. The highest BCUT2D eigenvalue weighted by Gasteiger charge is 2.28. The predicted molar refractivity (Wildman–Crippen MR) is 78.9 cm³/mol. The van der Waals surface area contributed by atoms with Gasteiger partial charge in [-0.15, -0.1) is 0 Å². The molecule has 0 radical (unpaired) electrons. The first-order chi connectivity index (χ1) is 9.82. The lowest BCUT2D eigenvalue weighted by molar-refractivity contribution is 0.0620. The molecular formula is C14H21FN2O3S. The van der Waals surface area contributed by atoms with E-state index in [-0.39, 0.29) is 16.5 Å². The maximum atomic E-state index is 14.0. The fourth-order valence-corrected chi connectivity index (χ4v) is 3.75. The zero-order valence-electron chi connectivity index (χ0n) is 12.3. The minimum absolute atomic E-state index is 0.240. The van der Waals surface area contributed by atoms with Crippen LogP contribution in [0.25, 0.3) is 0 Å². The molecule has 0 saturated carbocycles. The van der Waals surface area contributed by atoms with Crippen molar-refractivity contribution in [2.24, 2.45) is 5.92 Å². The minimum Gasteiger partial charge on any atom is -0.398 e. The van der Waals surface area contributed by atoms with E-state index in [2.05, 4.69) is 0 Å². The molecule has 0 aromatic heterocycles. The summed E-state index contributed by atoms with van der Waals surface area (Å²) >= 11 is 0. The number of ether oxygens (including phenoxy) is 1. The van der Waals surface area contributed by atoms with Crippen molar-refractivity contribution in [3.05, 3.63) is 23.5 Å². The number of nitrogens with zero attached hydrogens (tertiary/aromatic N) is 1. The number of hydrogen-bond acceptors (Lipinski definition) is 4. The van der Waals surface area contributed by atoms with E-state index < -0.39 is 15.8 Å². The first kappa shape index (κ1) is 16.2. The van der Waals surface area contributed by atoms with Crippen molar-refractivity contribution in [3.63, 3.8) is 0 Å². The molecule has 2 rings (SSSR count). The molecule has 1 aromatic rings. The quantitative estimate of drug-likeness (QED) is 0.859. The number of nitrogens with two attached hydrogens (primary N) is 1. The van der Waals surface area contributed by atoms with Crippen LogP contribution in [0, 0.1) is 18.7 Å². The molecule has 1 aromatic carbocycles. The van der Waals surface area contributed by atoms with Gasteiger partial charge >= 0.3 is 0 Å². The number of benzene rings is 1. The average molecular weight is 316 g/mol.